The minimum Gasteiger partial charge on any atom is -0.479 e. The fraction of sp³-hybridized carbons (Fsp3) is 0.300. The Labute approximate surface area is 81.9 Å². The van der Waals surface area contributed by atoms with E-state index in [-0.39, 0.29) is 13.0 Å². The average Bonchev–Trinajstić information content (AvgIpc) is 2.16. The number of aliphatic hydroxyl groups is 2. The van der Waals surface area contributed by atoms with Crippen molar-refractivity contribution in [3.05, 3.63) is 12.2 Å². The highest BCUT2D eigenvalue weighted by Gasteiger charge is 2.09. The Balaban J connectivity index is 3.83. The third kappa shape index (κ3) is 6.93. The van der Waals surface area contributed by atoms with Crippen LogP contribution in [0, 0.1) is 23.7 Å². The molecule has 0 aromatic heterocycles. The number of hydrogen-bond acceptors (Lipinski definition) is 3. The lowest BCUT2D eigenvalue weighted by atomic mass is 10.2. The largest absolute Gasteiger partial charge is 0.479 e. The molecule has 0 aromatic rings. The van der Waals surface area contributed by atoms with Crippen molar-refractivity contribution in [2.45, 2.75) is 12.5 Å². The van der Waals surface area contributed by atoms with Gasteiger partial charge in [-0.2, -0.15) is 0 Å². The van der Waals surface area contributed by atoms with Gasteiger partial charge in [-0.25, -0.2) is 4.79 Å². The third-order valence-electron chi connectivity index (χ3n) is 1.15. The Hall–Kier alpha value is -1.75. The van der Waals surface area contributed by atoms with Gasteiger partial charge in [0.2, 0.25) is 0 Å². The molecule has 0 aliphatic heterocycles. The van der Waals surface area contributed by atoms with Crippen molar-refractivity contribution < 1.29 is 20.1 Å². The van der Waals surface area contributed by atoms with Crippen molar-refractivity contribution in [1.29, 1.82) is 0 Å². The number of carboxylic acids is 1. The lowest BCUT2D eigenvalue weighted by Gasteiger charge is -1.97. The summed E-state index contributed by atoms with van der Waals surface area (Å²) in [5.74, 6) is 8.31. The molecule has 0 aromatic carbocycles. The highest BCUT2D eigenvalue weighted by molar-refractivity contribution is 5.72. The predicted molar refractivity (Wildman–Crippen MR) is 50.0 cm³/mol. The summed E-state index contributed by atoms with van der Waals surface area (Å²) in [6, 6.07) is 0. The summed E-state index contributed by atoms with van der Waals surface area (Å²) in [6.07, 6.45) is 1.46. The van der Waals surface area contributed by atoms with Crippen LogP contribution in [0.1, 0.15) is 6.42 Å². The summed E-state index contributed by atoms with van der Waals surface area (Å²) in [6.45, 7) is -0.240. The molecule has 4 heteroatoms. The molecule has 0 radical (unpaired) electrons. The van der Waals surface area contributed by atoms with Gasteiger partial charge in [0, 0.05) is 6.42 Å². The lowest BCUT2D eigenvalue weighted by molar-refractivity contribution is -0.146. The van der Waals surface area contributed by atoms with Crippen molar-refractivity contribution in [2.24, 2.45) is 0 Å². The van der Waals surface area contributed by atoms with Crippen LogP contribution >= 0.6 is 0 Å². The van der Waals surface area contributed by atoms with E-state index in [2.05, 4.69) is 23.7 Å². The van der Waals surface area contributed by atoms with Crippen LogP contribution in [0.4, 0.5) is 0 Å². The summed E-state index contributed by atoms with van der Waals surface area (Å²) >= 11 is 0. The molecule has 0 saturated heterocycles. The minimum absolute atomic E-state index is 0.0114. The molecule has 0 aliphatic carbocycles. The van der Waals surface area contributed by atoms with Crippen molar-refractivity contribution in [3.8, 4) is 23.7 Å². The van der Waals surface area contributed by atoms with Gasteiger partial charge in [0.15, 0.2) is 6.10 Å². The van der Waals surface area contributed by atoms with E-state index in [1.165, 1.54) is 12.2 Å². The van der Waals surface area contributed by atoms with Crippen molar-refractivity contribution in [2.75, 3.05) is 6.61 Å². The van der Waals surface area contributed by atoms with Crippen LogP contribution in [0.15, 0.2) is 12.2 Å². The van der Waals surface area contributed by atoms with Crippen LogP contribution in [0.3, 0.4) is 0 Å². The average molecular weight is 194 g/mol. The monoisotopic (exact) mass is 194 g/mol. The molecule has 0 fully saturated rings. The maximum absolute atomic E-state index is 10.1. The van der Waals surface area contributed by atoms with E-state index >= 15 is 0 Å². The highest BCUT2D eigenvalue weighted by Crippen LogP contribution is 1.92. The maximum atomic E-state index is 10.1. The molecular formula is C10H10O4. The number of aliphatic hydroxyl groups excluding tert-OH is 2. The van der Waals surface area contributed by atoms with Gasteiger partial charge in [-0.15, -0.1) is 0 Å². The summed E-state index contributed by atoms with van der Waals surface area (Å²) < 4.78 is 0. The first kappa shape index (κ1) is 12.2. The highest BCUT2D eigenvalue weighted by atomic mass is 16.4. The SMILES string of the molecule is O=C(O)C(O)C/C=C/C#CC#CCO. The Morgan fingerprint density at radius 1 is 1.43 bits per heavy atom. The number of carbonyl (C=O) groups is 1. The molecule has 0 aliphatic rings. The normalized spacial score (nSPS) is 11.0. The summed E-state index contributed by atoms with van der Waals surface area (Å²) in [4.78, 5) is 10.1. The van der Waals surface area contributed by atoms with Crippen LogP contribution in [-0.2, 0) is 4.79 Å². The van der Waals surface area contributed by atoms with Crippen molar-refractivity contribution in [3.63, 3.8) is 0 Å². The van der Waals surface area contributed by atoms with Crippen LogP contribution < -0.4 is 0 Å². The molecule has 0 bridgehead atoms. The third-order valence-corrected chi connectivity index (χ3v) is 1.15. The van der Waals surface area contributed by atoms with Crippen LogP contribution in [0.2, 0.25) is 0 Å². The molecule has 3 N–H and O–H groups in total. The first-order chi connectivity index (χ1) is 6.68. The molecule has 74 valence electrons. The Morgan fingerprint density at radius 3 is 2.71 bits per heavy atom. The van der Waals surface area contributed by atoms with Gasteiger partial charge in [-0.05, 0) is 17.9 Å². The van der Waals surface area contributed by atoms with Gasteiger partial charge < -0.3 is 15.3 Å². The van der Waals surface area contributed by atoms with E-state index in [1.807, 2.05) is 0 Å². The number of rotatable bonds is 3. The summed E-state index contributed by atoms with van der Waals surface area (Å²) in [7, 11) is 0. The number of allylic oxidation sites excluding steroid dienone is 1. The second-order valence-corrected chi connectivity index (χ2v) is 2.22. The van der Waals surface area contributed by atoms with Gasteiger partial charge in [0.25, 0.3) is 0 Å². The van der Waals surface area contributed by atoms with Gasteiger partial charge in [0.05, 0.1) is 0 Å². The Kier molecular flexibility index (Phi) is 6.89. The van der Waals surface area contributed by atoms with Gasteiger partial charge in [-0.3, -0.25) is 0 Å². The van der Waals surface area contributed by atoms with E-state index < -0.39 is 12.1 Å². The quantitative estimate of drug-likeness (QED) is 0.523. The smallest absolute Gasteiger partial charge is 0.332 e. The van der Waals surface area contributed by atoms with E-state index in [1.54, 1.807) is 0 Å². The van der Waals surface area contributed by atoms with E-state index in [9.17, 15) is 4.79 Å². The summed E-state index contributed by atoms with van der Waals surface area (Å²) in [5.41, 5.74) is 0. The summed E-state index contributed by atoms with van der Waals surface area (Å²) in [5, 5.41) is 25.3. The number of carboxylic acid groups (broad SMARTS) is 1. The molecule has 0 spiro atoms. The fourth-order valence-corrected chi connectivity index (χ4v) is 0.518. The molecule has 0 amide bonds. The van der Waals surface area contributed by atoms with E-state index in [0.29, 0.717) is 0 Å². The van der Waals surface area contributed by atoms with Crippen LogP contribution in [-0.4, -0.2) is 34.0 Å². The molecule has 4 nitrogen and oxygen atoms in total. The minimum atomic E-state index is -1.39. The zero-order valence-corrected chi connectivity index (χ0v) is 7.40. The molecule has 0 heterocycles. The van der Waals surface area contributed by atoms with E-state index in [4.69, 9.17) is 15.3 Å². The van der Waals surface area contributed by atoms with Gasteiger partial charge >= 0.3 is 5.97 Å². The standard InChI is InChI=1S/C10H10O4/c11-8-6-4-2-1-3-5-7-9(12)10(13)14/h3,5,9,11-12H,7-8H2,(H,13,14)/b5-3+. The molecule has 14 heavy (non-hydrogen) atoms. The van der Waals surface area contributed by atoms with Crippen LogP contribution in [0.5, 0.6) is 0 Å². The van der Waals surface area contributed by atoms with Crippen LogP contribution in [0.25, 0.3) is 0 Å². The second kappa shape index (κ2) is 7.88. The van der Waals surface area contributed by atoms with Crippen molar-refractivity contribution in [1.82, 2.24) is 0 Å². The van der Waals surface area contributed by atoms with Gasteiger partial charge in [-0.1, -0.05) is 17.9 Å². The zero-order valence-electron chi connectivity index (χ0n) is 7.40. The first-order valence-electron chi connectivity index (χ1n) is 3.83. The second-order valence-electron chi connectivity index (χ2n) is 2.22. The number of hydrogen-bond donors (Lipinski definition) is 3. The molecular weight excluding hydrogens is 184 g/mol. The van der Waals surface area contributed by atoms with E-state index in [0.717, 1.165) is 0 Å². The maximum Gasteiger partial charge on any atom is 0.332 e. The predicted octanol–water partition coefficient (Wildman–Crippen LogP) is -0.623. The number of aliphatic carboxylic acids is 1. The molecule has 0 saturated carbocycles. The topological polar surface area (TPSA) is 77.8 Å². The molecule has 1 atom stereocenters. The zero-order chi connectivity index (χ0) is 10.8. The molecule has 0 rings (SSSR count). The Morgan fingerprint density at radius 2 is 2.14 bits per heavy atom. The molecule has 1 unspecified atom stereocenters. The first-order valence-corrected chi connectivity index (χ1v) is 3.83. The van der Waals surface area contributed by atoms with Gasteiger partial charge in [0.1, 0.15) is 6.61 Å². The Bertz CT molecular complexity index is 322. The van der Waals surface area contributed by atoms with Crippen molar-refractivity contribution >= 4 is 5.97 Å². The lowest BCUT2D eigenvalue weighted by Crippen LogP contribution is -2.17. The fourth-order valence-electron chi connectivity index (χ4n) is 0.518.